The first-order chi connectivity index (χ1) is 18.3. The number of aryl methyl sites for hydroxylation is 4. The fraction of sp³-hybridized carbons (Fsp3) is 0.375. The Morgan fingerprint density at radius 3 is 1.65 bits per heavy atom. The second-order valence-electron chi connectivity index (χ2n) is 11.3. The summed E-state index contributed by atoms with van der Waals surface area (Å²) < 4.78 is 46.6. The Bertz CT molecular complexity index is 1480. The zero-order chi connectivity index (χ0) is 30.3. The van der Waals surface area contributed by atoms with Gasteiger partial charge in [-0.3, -0.25) is 4.79 Å². The molecule has 0 aromatic heterocycles. The van der Waals surface area contributed by atoms with Crippen LogP contribution in [-0.4, -0.2) is 28.8 Å². The number of carbonyl (C=O) groups is 2. The fourth-order valence-electron chi connectivity index (χ4n) is 4.81. The molecule has 3 aromatic carbocycles. The lowest BCUT2D eigenvalue weighted by molar-refractivity contribution is -0.167. The summed E-state index contributed by atoms with van der Waals surface area (Å²) in [5, 5.41) is 12.4. The molecule has 214 valence electrons. The third-order valence-electron chi connectivity index (χ3n) is 7.09. The van der Waals surface area contributed by atoms with Gasteiger partial charge < -0.3 is 15.2 Å². The highest BCUT2D eigenvalue weighted by Crippen LogP contribution is 2.47. The van der Waals surface area contributed by atoms with Gasteiger partial charge in [-0.1, -0.05) is 36.4 Å². The van der Waals surface area contributed by atoms with Crippen LogP contribution in [0.15, 0.2) is 36.4 Å². The number of carboxylic acids is 1. The van der Waals surface area contributed by atoms with E-state index in [1.165, 1.54) is 6.92 Å². The number of halogens is 3. The van der Waals surface area contributed by atoms with Gasteiger partial charge in [-0.05, 0) is 112 Å². The zero-order valence-corrected chi connectivity index (χ0v) is 24.3. The molecule has 3 aromatic rings. The molecule has 0 saturated heterocycles. The maximum atomic E-state index is 13.5. The lowest BCUT2D eigenvalue weighted by Gasteiger charge is -2.31. The lowest BCUT2D eigenvalue weighted by atomic mass is 9.81. The normalized spacial score (nSPS) is 12.8. The number of rotatable bonds is 6. The van der Waals surface area contributed by atoms with Crippen LogP contribution >= 0.6 is 0 Å². The van der Waals surface area contributed by atoms with Crippen molar-refractivity contribution in [2.24, 2.45) is 0 Å². The monoisotopic (exact) mass is 555 g/mol. The molecule has 3 rings (SSSR count). The summed E-state index contributed by atoms with van der Waals surface area (Å²) in [5.41, 5.74) is 6.01. The molecule has 1 atom stereocenters. The Morgan fingerprint density at radius 1 is 0.775 bits per heavy atom. The summed E-state index contributed by atoms with van der Waals surface area (Å²) in [6.45, 7) is 16.1. The van der Waals surface area contributed by atoms with E-state index in [1.807, 2.05) is 58.0 Å². The first-order valence-electron chi connectivity index (χ1n) is 12.9. The van der Waals surface area contributed by atoms with Crippen LogP contribution in [0.4, 0.5) is 18.9 Å². The average Bonchev–Trinajstić information content (AvgIpc) is 2.82. The number of ether oxygens (including phenoxy) is 1. The molecule has 0 saturated carbocycles. The molecular formula is C32H36F3NO4. The summed E-state index contributed by atoms with van der Waals surface area (Å²) in [4.78, 5) is 25.0. The maximum absolute atomic E-state index is 13.5. The Morgan fingerprint density at radius 2 is 1.25 bits per heavy atom. The van der Waals surface area contributed by atoms with Gasteiger partial charge in [0.15, 0.2) is 6.10 Å². The molecule has 0 aliphatic carbocycles. The molecule has 0 bridgehead atoms. The summed E-state index contributed by atoms with van der Waals surface area (Å²) in [7, 11) is 0. The van der Waals surface area contributed by atoms with E-state index in [0.717, 1.165) is 22.3 Å². The van der Waals surface area contributed by atoms with Crippen molar-refractivity contribution in [2.75, 3.05) is 5.32 Å². The number of hydrogen-bond acceptors (Lipinski definition) is 3. The number of benzene rings is 3. The van der Waals surface area contributed by atoms with E-state index < -0.39 is 29.8 Å². The molecule has 1 unspecified atom stereocenters. The van der Waals surface area contributed by atoms with Crippen molar-refractivity contribution in [3.63, 3.8) is 0 Å². The van der Waals surface area contributed by atoms with Crippen LogP contribution in [0.3, 0.4) is 0 Å². The molecular weight excluding hydrogens is 519 g/mol. The molecule has 0 fully saturated rings. The van der Waals surface area contributed by atoms with Gasteiger partial charge in [-0.15, -0.1) is 0 Å². The van der Waals surface area contributed by atoms with Crippen LogP contribution in [0.1, 0.15) is 65.8 Å². The zero-order valence-electron chi connectivity index (χ0n) is 24.3. The molecule has 8 heteroatoms. The SMILES string of the molecule is Cc1ccc(-c2c(C)c(-c3ccc(C)c(C)c3)c(C(OC(C)(C)C)C(=O)O)c(C)c2NC(=O)C(F)(F)F)cc1C. The van der Waals surface area contributed by atoms with Gasteiger partial charge in [0, 0.05) is 11.1 Å². The number of hydrogen-bond donors (Lipinski definition) is 2. The average molecular weight is 556 g/mol. The molecule has 0 spiro atoms. The molecule has 40 heavy (non-hydrogen) atoms. The highest BCUT2D eigenvalue weighted by atomic mass is 19.4. The Kier molecular flexibility index (Phi) is 8.56. The van der Waals surface area contributed by atoms with Crippen molar-refractivity contribution in [3.05, 3.63) is 75.3 Å². The maximum Gasteiger partial charge on any atom is 0.471 e. The minimum Gasteiger partial charge on any atom is -0.479 e. The largest absolute Gasteiger partial charge is 0.479 e. The van der Waals surface area contributed by atoms with Gasteiger partial charge in [-0.2, -0.15) is 13.2 Å². The van der Waals surface area contributed by atoms with E-state index in [2.05, 4.69) is 5.32 Å². The van der Waals surface area contributed by atoms with Crippen LogP contribution in [0.25, 0.3) is 22.3 Å². The third-order valence-corrected chi connectivity index (χ3v) is 7.09. The van der Waals surface area contributed by atoms with Gasteiger partial charge in [0.1, 0.15) is 0 Å². The van der Waals surface area contributed by atoms with Crippen LogP contribution < -0.4 is 5.32 Å². The van der Waals surface area contributed by atoms with Crippen LogP contribution in [-0.2, 0) is 14.3 Å². The number of amides is 1. The van der Waals surface area contributed by atoms with Crippen molar-refractivity contribution in [1.82, 2.24) is 0 Å². The van der Waals surface area contributed by atoms with Gasteiger partial charge >= 0.3 is 18.1 Å². The highest BCUT2D eigenvalue weighted by molar-refractivity contribution is 6.03. The van der Waals surface area contributed by atoms with E-state index in [4.69, 9.17) is 4.74 Å². The van der Waals surface area contributed by atoms with E-state index in [-0.39, 0.29) is 16.8 Å². The Labute approximate surface area is 233 Å². The smallest absolute Gasteiger partial charge is 0.471 e. The molecule has 0 radical (unpaired) electrons. The number of alkyl halides is 3. The molecule has 0 heterocycles. The van der Waals surface area contributed by atoms with Crippen molar-refractivity contribution < 1.29 is 32.6 Å². The number of nitrogens with one attached hydrogen (secondary N) is 1. The van der Waals surface area contributed by atoms with E-state index in [1.54, 1.807) is 33.8 Å². The topological polar surface area (TPSA) is 75.6 Å². The van der Waals surface area contributed by atoms with E-state index in [9.17, 15) is 27.9 Å². The van der Waals surface area contributed by atoms with Crippen molar-refractivity contribution in [3.8, 4) is 22.3 Å². The Hall–Kier alpha value is -3.65. The van der Waals surface area contributed by atoms with Crippen molar-refractivity contribution in [1.29, 1.82) is 0 Å². The fourth-order valence-corrected chi connectivity index (χ4v) is 4.81. The quantitative estimate of drug-likeness (QED) is 0.321. The standard InChI is InChI=1S/C32H36F3NO4/c1-16-10-12-22(14-18(16)3)24-20(5)25(23-13-11-17(2)19(4)15-23)27(36-30(39)32(33,34)35)21(6)26(24)28(29(37)38)40-31(7,8)9/h10-15,28H,1-9H3,(H,36,39)(H,37,38). The Balaban J connectivity index is 2.58. The minimum atomic E-state index is -5.15. The summed E-state index contributed by atoms with van der Waals surface area (Å²) in [5.74, 6) is -3.44. The number of carbonyl (C=O) groups excluding carboxylic acids is 1. The van der Waals surface area contributed by atoms with Crippen molar-refractivity contribution in [2.45, 2.75) is 80.2 Å². The number of carboxylic acid groups (broad SMARTS) is 1. The molecule has 1 amide bonds. The van der Waals surface area contributed by atoms with Gasteiger partial charge in [0.05, 0.1) is 11.3 Å². The van der Waals surface area contributed by atoms with Gasteiger partial charge in [-0.25, -0.2) is 4.79 Å². The first kappa shape index (κ1) is 30.9. The third kappa shape index (κ3) is 6.39. The number of aliphatic carboxylic acids is 1. The molecule has 0 aliphatic rings. The number of anilines is 1. The molecule has 5 nitrogen and oxygen atoms in total. The van der Waals surface area contributed by atoms with Gasteiger partial charge in [0.2, 0.25) is 0 Å². The van der Waals surface area contributed by atoms with E-state index >= 15 is 0 Å². The predicted molar refractivity (Wildman–Crippen MR) is 152 cm³/mol. The second-order valence-corrected chi connectivity index (χ2v) is 11.3. The van der Waals surface area contributed by atoms with E-state index in [0.29, 0.717) is 27.8 Å². The van der Waals surface area contributed by atoms with Crippen LogP contribution in [0.5, 0.6) is 0 Å². The molecule has 0 aliphatic heterocycles. The first-order valence-corrected chi connectivity index (χ1v) is 12.9. The summed E-state index contributed by atoms with van der Waals surface area (Å²) >= 11 is 0. The lowest BCUT2D eigenvalue weighted by Crippen LogP contribution is -2.32. The summed E-state index contributed by atoms with van der Waals surface area (Å²) in [6, 6.07) is 11.2. The summed E-state index contributed by atoms with van der Waals surface area (Å²) in [6.07, 6.45) is -6.67. The molecule has 2 N–H and O–H groups in total. The highest BCUT2D eigenvalue weighted by Gasteiger charge is 2.41. The van der Waals surface area contributed by atoms with Crippen LogP contribution in [0, 0.1) is 41.5 Å². The van der Waals surface area contributed by atoms with Crippen molar-refractivity contribution >= 4 is 17.6 Å². The minimum absolute atomic E-state index is 0.102. The van der Waals surface area contributed by atoms with Crippen LogP contribution in [0.2, 0.25) is 0 Å². The van der Waals surface area contributed by atoms with Gasteiger partial charge in [0.25, 0.3) is 0 Å². The second kappa shape index (κ2) is 11.1. The predicted octanol–water partition coefficient (Wildman–Crippen LogP) is 8.31.